The molecule has 2 aromatic rings. The van der Waals surface area contributed by atoms with E-state index in [4.69, 9.17) is 16.3 Å². The molecule has 126 valence electrons. The largest absolute Gasteiger partial charge is 0.376 e. The number of carbonyl (C=O) groups excluding carboxylic acids is 1. The summed E-state index contributed by atoms with van der Waals surface area (Å²) < 4.78 is 5.54. The molecule has 7 heteroatoms. The third-order valence-electron chi connectivity index (χ3n) is 3.74. The molecule has 3 rings (SSSR count). The van der Waals surface area contributed by atoms with Gasteiger partial charge in [-0.1, -0.05) is 23.7 Å². The zero-order valence-corrected chi connectivity index (χ0v) is 13.9. The van der Waals surface area contributed by atoms with Gasteiger partial charge >= 0.3 is 0 Å². The molecule has 0 aliphatic carbocycles. The van der Waals surface area contributed by atoms with Crippen molar-refractivity contribution >= 4 is 29.1 Å². The molecule has 1 saturated heterocycles. The summed E-state index contributed by atoms with van der Waals surface area (Å²) in [7, 11) is 0. The lowest BCUT2D eigenvalue weighted by Gasteiger charge is -2.11. The first-order chi connectivity index (χ1) is 11.7. The topological polar surface area (TPSA) is 76.1 Å². The summed E-state index contributed by atoms with van der Waals surface area (Å²) in [6.45, 7) is 1.55. The standard InChI is InChI=1S/C17H19ClN4O2/c18-13-5-3-12(4-6-13)10-17(23)20-16-8-7-15(21-22-16)19-11-14-2-1-9-24-14/h3-8,14H,1-2,9-11H2,(H,19,21)(H,20,22,23). The number of nitrogens with one attached hydrogen (secondary N) is 2. The number of amides is 1. The van der Waals surface area contributed by atoms with Gasteiger partial charge in [0.1, 0.15) is 5.82 Å². The number of aromatic nitrogens is 2. The minimum absolute atomic E-state index is 0.147. The summed E-state index contributed by atoms with van der Waals surface area (Å²) in [5.74, 6) is 0.949. The number of benzene rings is 1. The maximum atomic E-state index is 12.0. The highest BCUT2D eigenvalue weighted by Gasteiger charge is 2.15. The van der Waals surface area contributed by atoms with Crippen LogP contribution in [0.5, 0.6) is 0 Å². The zero-order chi connectivity index (χ0) is 16.8. The zero-order valence-electron chi connectivity index (χ0n) is 13.2. The van der Waals surface area contributed by atoms with Gasteiger partial charge in [0, 0.05) is 18.2 Å². The first kappa shape index (κ1) is 16.7. The number of carbonyl (C=O) groups is 1. The maximum Gasteiger partial charge on any atom is 0.229 e. The second kappa shape index (κ2) is 8.08. The Labute approximate surface area is 145 Å². The Morgan fingerprint density at radius 1 is 1.17 bits per heavy atom. The van der Waals surface area contributed by atoms with Crippen molar-refractivity contribution in [3.63, 3.8) is 0 Å². The number of anilines is 2. The van der Waals surface area contributed by atoms with Crippen LogP contribution in [0.25, 0.3) is 0 Å². The minimum Gasteiger partial charge on any atom is -0.376 e. The molecule has 1 aromatic carbocycles. The van der Waals surface area contributed by atoms with Crippen molar-refractivity contribution in [3.05, 3.63) is 47.0 Å². The molecule has 1 unspecified atom stereocenters. The molecule has 24 heavy (non-hydrogen) atoms. The van der Waals surface area contributed by atoms with Gasteiger partial charge in [0.05, 0.1) is 12.5 Å². The van der Waals surface area contributed by atoms with Gasteiger partial charge in [-0.25, -0.2) is 0 Å². The van der Waals surface area contributed by atoms with Crippen LogP contribution in [-0.2, 0) is 16.0 Å². The predicted molar refractivity (Wildman–Crippen MR) is 93.3 cm³/mol. The van der Waals surface area contributed by atoms with Crippen LogP contribution in [0, 0.1) is 0 Å². The van der Waals surface area contributed by atoms with E-state index in [0.29, 0.717) is 16.7 Å². The number of nitrogens with zero attached hydrogens (tertiary/aromatic N) is 2. The molecule has 2 N–H and O–H groups in total. The summed E-state index contributed by atoms with van der Waals surface area (Å²) in [4.78, 5) is 12.0. The SMILES string of the molecule is O=C(Cc1ccc(Cl)cc1)Nc1ccc(NCC2CCCO2)nn1. The number of hydrogen-bond donors (Lipinski definition) is 2. The van der Waals surface area contributed by atoms with Crippen LogP contribution < -0.4 is 10.6 Å². The fourth-order valence-electron chi connectivity index (χ4n) is 2.49. The van der Waals surface area contributed by atoms with Crippen molar-refractivity contribution in [2.75, 3.05) is 23.8 Å². The molecule has 2 heterocycles. The van der Waals surface area contributed by atoms with Gasteiger partial charge < -0.3 is 15.4 Å². The van der Waals surface area contributed by atoms with E-state index in [9.17, 15) is 4.79 Å². The minimum atomic E-state index is -0.147. The van der Waals surface area contributed by atoms with E-state index in [0.717, 1.165) is 31.6 Å². The third-order valence-corrected chi connectivity index (χ3v) is 4.00. The molecule has 6 nitrogen and oxygen atoms in total. The molecule has 1 amide bonds. The first-order valence-electron chi connectivity index (χ1n) is 7.92. The molecular formula is C17H19ClN4O2. The van der Waals surface area contributed by atoms with Gasteiger partial charge in [0.15, 0.2) is 5.82 Å². The predicted octanol–water partition coefficient (Wildman–Crippen LogP) is 2.90. The molecular weight excluding hydrogens is 328 g/mol. The molecule has 1 atom stereocenters. The first-order valence-corrected chi connectivity index (χ1v) is 8.30. The van der Waals surface area contributed by atoms with Crippen LogP contribution in [0.15, 0.2) is 36.4 Å². The lowest BCUT2D eigenvalue weighted by atomic mass is 10.1. The lowest BCUT2D eigenvalue weighted by Crippen LogP contribution is -2.19. The Balaban J connectivity index is 1.47. The van der Waals surface area contributed by atoms with E-state index in [1.165, 1.54) is 0 Å². The van der Waals surface area contributed by atoms with Crippen molar-refractivity contribution < 1.29 is 9.53 Å². The van der Waals surface area contributed by atoms with Crippen molar-refractivity contribution in [1.82, 2.24) is 10.2 Å². The number of rotatable bonds is 6. The maximum absolute atomic E-state index is 12.0. The van der Waals surface area contributed by atoms with Crippen LogP contribution in [0.4, 0.5) is 11.6 Å². The summed E-state index contributed by atoms with van der Waals surface area (Å²) in [5, 5.41) is 14.6. The van der Waals surface area contributed by atoms with Gasteiger partial charge in [-0.15, -0.1) is 10.2 Å². The fraction of sp³-hybridized carbons (Fsp3) is 0.353. The van der Waals surface area contributed by atoms with Crippen LogP contribution in [0.1, 0.15) is 18.4 Å². The quantitative estimate of drug-likeness (QED) is 0.841. The molecule has 1 aromatic heterocycles. The van der Waals surface area contributed by atoms with Gasteiger partial charge in [-0.3, -0.25) is 4.79 Å². The van der Waals surface area contributed by atoms with Crippen molar-refractivity contribution in [2.45, 2.75) is 25.4 Å². The van der Waals surface area contributed by atoms with Crippen LogP contribution in [-0.4, -0.2) is 35.4 Å². The number of ether oxygens (including phenoxy) is 1. The Hall–Kier alpha value is -2.18. The van der Waals surface area contributed by atoms with Crippen LogP contribution in [0.3, 0.4) is 0 Å². The second-order valence-electron chi connectivity index (χ2n) is 5.67. The fourth-order valence-corrected chi connectivity index (χ4v) is 2.62. The Morgan fingerprint density at radius 3 is 2.58 bits per heavy atom. The highest BCUT2D eigenvalue weighted by molar-refractivity contribution is 6.30. The normalized spacial score (nSPS) is 16.8. The molecule has 1 aliphatic rings. The third kappa shape index (κ3) is 4.91. The molecule has 1 aliphatic heterocycles. The van der Waals surface area contributed by atoms with Gasteiger partial charge in [0.25, 0.3) is 0 Å². The Bertz CT molecular complexity index is 670. The lowest BCUT2D eigenvalue weighted by molar-refractivity contribution is -0.115. The summed E-state index contributed by atoms with van der Waals surface area (Å²) >= 11 is 5.83. The second-order valence-corrected chi connectivity index (χ2v) is 6.11. The highest BCUT2D eigenvalue weighted by Crippen LogP contribution is 2.14. The van der Waals surface area contributed by atoms with E-state index in [-0.39, 0.29) is 18.4 Å². The number of halogens is 1. The monoisotopic (exact) mass is 346 g/mol. The Kier molecular flexibility index (Phi) is 5.61. The van der Waals surface area contributed by atoms with E-state index in [1.54, 1.807) is 24.3 Å². The van der Waals surface area contributed by atoms with Crippen molar-refractivity contribution in [3.8, 4) is 0 Å². The van der Waals surface area contributed by atoms with Crippen molar-refractivity contribution in [2.24, 2.45) is 0 Å². The summed E-state index contributed by atoms with van der Waals surface area (Å²) in [6.07, 6.45) is 2.68. The summed E-state index contributed by atoms with van der Waals surface area (Å²) in [5.41, 5.74) is 0.889. The summed E-state index contributed by atoms with van der Waals surface area (Å²) in [6, 6.07) is 10.7. The smallest absolute Gasteiger partial charge is 0.229 e. The van der Waals surface area contributed by atoms with Gasteiger partial charge in [0.2, 0.25) is 5.91 Å². The molecule has 0 spiro atoms. The van der Waals surface area contributed by atoms with Gasteiger partial charge in [-0.2, -0.15) is 0 Å². The highest BCUT2D eigenvalue weighted by atomic mass is 35.5. The number of hydrogen-bond acceptors (Lipinski definition) is 5. The van der Waals surface area contributed by atoms with Crippen molar-refractivity contribution in [1.29, 1.82) is 0 Å². The van der Waals surface area contributed by atoms with E-state index < -0.39 is 0 Å². The van der Waals surface area contributed by atoms with E-state index >= 15 is 0 Å². The van der Waals surface area contributed by atoms with Crippen LogP contribution in [0.2, 0.25) is 5.02 Å². The van der Waals surface area contributed by atoms with Gasteiger partial charge in [-0.05, 0) is 42.7 Å². The van der Waals surface area contributed by atoms with Crippen LogP contribution >= 0.6 is 11.6 Å². The molecule has 0 saturated carbocycles. The molecule has 0 bridgehead atoms. The molecule has 1 fully saturated rings. The average molecular weight is 347 g/mol. The van der Waals surface area contributed by atoms with E-state index in [2.05, 4.69) is 20.8 Å². The average Bonchev–Trinajstić information content (AvgIpc) is 3.10. The molecule has 0 radical (unpaired) electrons. The Morgan fingerprint density at radius 2 is 1.92 bits per heavy atom. The van der Waals surface area contributed by atoms with E-state index in [1.807, 2.05) is 12.1 Å².